The van der Waals surface area contributed by atoms with Crippen LogP contribution in [0.25, 0.3) is 0 Å². The van der Waals surface area contributed by atoms with Crippen LogP contribution in [0.2, 0.25) is 0 Å². The van der Waals surface area contributed by atoms with E-state index in [1.54, 1.807) is 0 Å². The highest BCUT2D eigenvalue weighted by atomic mass is 35.5. The van der Waals surface area contributed by atoms with Crippen LogP contribution in [0.5, 0.6) is 0 Å². The third kappa shape index (κ3) is 6.03. The topological polar surface area (TPSA) is 58.4 Å². The molecule has 26 heavy (non-hydrogen) atoms. The van der Waals surface area contributed by atoms with Gasteiger partial charge in [-0.3, -0.25) is 9.69 Å². The Morgan fingerprint density at radius 1 is 1.23 bits per heavy atom. The standard InChI is InChI=1S/C19H31N3OS.2ClH/c1-4-19(5-2,14-20)18(23)21-17-8-6-7-16(15(17)3)13-22-9-11-24-12-10-22;;/h6-8H,4-5,9-14,20H2,1-3H3,(H,21,23);2*1H. The van der Waals surface area contributed by atoms with Crippen molar-refractivity contribution in [3.63, 3.8) is 0 Å². The van der Waals surface area contributed by atoms with Gasteiger partial charge in [-0.05, 0) is 37.0 Å². The number of benzene rings is 1. The fraction of sp³-hybridized carbons (Fsp3) is 0.632. The van der Waals surface area contributed by atoms with Crippen molar-refractivity contribution in [3.8, 4) is 0 Å². The Labute approximate surface area is 174 Å². The van der Waals surface area contributed by atoms with Crippen LogP contribution >= 0.6 is 36.6 Å². The molecule has 1 aromatic carbocycles. The molecule has 0 aliphatic carbocycles. The molecule has 0 spiro atoms. The van der Waals surface area contributed by atoms with E-state index in [1.807, 2.05) is 37.7 Å². The summed E-state index contributed by atoms with van der Waals surface area (Å²) in [4.78, 5) is 15.3. The van der Waals surface area contributed by atoms with E-state index < -0.39 is 5.41 Å². The summed E-state index contributed by atoms with van der Waals surface area (Å²) in [6, 6.07) is 6.20. The molecule has 1 aromatic rings. The molecule has 1 aliphatic rings. The molecule has 0 saturated carbocycles. The number of hydrogen-bond acceptors (Lipinski definition) is 4. The minimum absolute atomic E-state index is 0. The number of anilines is 1. The van der Waals surface area contributed by atoms with Gasteiger partial charge < -0.3 is 11.1 Å². The van der Waals surface area contributed by atoms with Crippen LogP contribution in [-0.2, 0) is 11.3 Å². The fourth-order valence-electron chi connectivity index (χ4n) is 3.20. The molecule has 2 rings (SSSR count). The Morgan fingerprint density at radius 3 is 2.38 bits per heavy atom. The van der Waals surface area contributed by atoms with E-state index >= 15 is 0 Å². The second-order valence-corrected chi connectivity index (χ2v) is 7.85. The first kappa shape index (κ1) is 25.5. The summed E-state index contributed by atoms with van der Waals surface area (Å²) in [6.07, 6.45) is 1.52. The monoisotopic (exact) mass is 421 g/mol. The van der Waals surface area contributed by atoms with Crippen LogP contribution in [0.1, 0.15) is 37.8 Å². The van der Waals surface area contributed by atoms with E-state index in [4.69, 9.17) is 5.73 Å². The van der Waals surface area contributed by atoms with Crippen LogP contribution in [0.15, 0.2) is 18.2 Å². The van der Waals surface area contributed by atoms with E-state index in [0.717, 1.165) is 38.2 Å². The van der Waals surface area contributed by atoms with Gasteiger partial charge in [-0.25, -0.2) is 0 Å². The molecule has 1 fully saturated rings. The van der Waals surface area contributed by atoms with E-state index in [-0.39, 0.29) is 30.7 Å². The molecule has 1 saturated heterocycles. The lowest BCUT2D eigenvalue weighted by atomic mass is 9.81. The molecular weight excluding hydrogens is 389 g/mol. The average molecular weight is 422 g/mol. The number of nitrogens with one attached hydrogen (secondary N) is 1. The van der Waals surface area contributed by atoms with Gasteiger partial charge in [-0.2, -0.15) is 11.8 Å². The minimum Gasteiger partial charge on any atom is -0.329 e. The third-order valence-corrected chi connectivity index (χ3v) is 6.36. The Balaban J connectivity index is 0.00000312. The Morgan fingerprint density at radius 2 is 1.85 bits per heavy atom. The minimum atomic E-state index is -0.466. The lowest BCUT2D eigenvalue weighted by Crippen LogP contribution is -2.41. The van der Waals surface area contributed by atoms with Gasteiger partial charge in [0.15, 0.2) is 0 Å². The van der Waals surface area contributed by atoms with Crippen molar-refractivity contribution >= 4 is 48.2 Å². The van der Waals surface area contributed by atoms with Gasteiger partial charge in [0.2, 0.25) is 5.91 Å². The largest absolute Gasteiger partial charge is 0.329 e. The number of amides is 1. The molecule has 7 heteroatoms. The number of halogens is 2. The van der Waals surface area contributed by atoms with E-state index in [2.05, 4.69) is 23.2 Å². The summed E-state index contributed by atoms with van der Waals surface area (Å²) in [7, 11) is 0. The van der Waals surface area contributed by atoms with Gasteiger partial charge in [0.25, 0.3) is 0 Å². The van der Waals surface area contributed by atoms with Gasteiger partial charge in [-0.15, -0.1) is 24.8 Å². The SMILES string of the molecule is CCC(CC)(CN)C(=O)Nc1cccc(CN2CCSCC2)c1C.Cl.Cl. The number of rotatable bonds is 7. The molecule has 0 atom stereocenters. The first-order valence-electron chi connectivity index (χ1n) is 8.96. The number of nitrogens with two attached hydrogens (primary N) is 1. The molecule has 1 amide bonds. The first-order chi connectivity index (χ1) is 11.6. The number of nitrogens with zero attached hydrogens (tertiary/aromatic N) is 1. The van der Waals surface area contributed by atoms with Gasteiger partial charge in [0.1, 0.15) is 0 Å². The highest BCUT2D eigenvalue weighted by Crippen LogP contribution is 2.29. The maximum atomic E-state index is 12.8. The molecular formula is C19H33Cl2N3OS. The smallest absolute Gasteiger partial charge is 0.231 e. The second kappa shape index (κ2) is 12.1. The van der Waals surface area contributed by atoms with Gasteiger partial charge in [-0.1, -0.05) is 26.0 Å². The van der Waals surface area contributed by atoms with Crippen LogP contribution < -0.4 is 11.1 Å². The van der Waals surface area contributed by atoms with Gasteiger partial charge in [0.05, 0.1) is 5.41 Å². The zero-order valence-corrected chi connectivity index (χ0v) is 18.5. The van der Waals surface area contributed by atoms with Crippen molar-refractivity contribution in [3.05, 3.63) is 29.3 Å². The van der Waals surface area contributed by atoms with E-state index in [9.17, 15) is 4.79 Å². The highest BCUT2D eigenvalue weighted by molar-refractivity contribution is 7.99. The molecule has 0 aromatic heterocycles. The molecule has 1 aliphatic heterocycles. The van der Waals surface area contributed by atoms with Crippen LogP contribution in [-0.4, -0.2) is 41.9 Å². The lowest BCUT2D eigenvalue weighted by Gasteiger charge is -2.30. The Hall–Kier alpha value is -0.460. The number of carbonyl (C=O) groups excluding carboxylic acids is 1. The number of thioether (sulfide) groups is 1. The van der Waals surface area contributed by atoms with Crippen molar-refractivity contribution in [2.75, 3.05) is 36.5 Å². The van der Waals surface area contributed by atoms with Crippen LogP contribution in [0.3, 0.4) is 0 Å². The second-order valence-electron chi connectivity index (χ2n) is 6.62. The summed E-state index contributed by atoms with van der Waals surface area (Å²) >= 11 is 2.02. The lowest BCUT2D eigenvalue weighted by molar-refractivity contribution is -0.125. The maximum absolute atomic E-state index is 12.8. The predicted octanol–water partition coefficient (Wildman–Crippen LogP) is 4.09. The Bertz CT molecular complexity index is 553. The molecule has 3 N–H and O–H groups in total. The van der Waals surface area contributed by atoms with E-state index in [1.165, 1.54) is 22.6 Å². The molecule has 4 nitrogen and oxygen atoms in total. The predicted molar refractivity (Wildman–Crippen MR) is 119 cm³/mol. The quantitative estimate of drug-likeness (QED) is 0.695. The summed E-state index contributed by atoms with van der Waals surface area (Å²) in [6.45, 7) is 9.80. The molecule has 0 unspecified atom stereocenters. The first-order valence-corrected chi connectivity index (χ1v) is 10.1. The summed E-state index contributed by atoms with van der Waals surface area (Å²) in [5.74, 6) is 2.47. The van der Waals surface area contributed by atoms with Crippen molar-refractivity contribution in [1.29, 1.82) is 0 Å². The summed E-state index contributed by atoms with van der Waals surface area (Å²) in [5, 5.41) is 3.14. The zero-order chi connectivity index (χ0) is 17.6. The fourth-order valence-corrected chi connectivity index (χ4v) is 4.18. The number of carbonyl (C=O) groups is 1. The molecule has 0 bridgehead atoms. The Kier molecular flexibility index (Phi) is 11.9. The van der Waals surface area contributed by atoms with Crippen LogP contribution in [0, 0.1) is 12.3 Å². The number of hydrogen-bond donors (Lipinski definition) is 2. The summed E-state index contributed by atoms with van der Waals surface area (Å²) in [5.41, 5.74) is 8.83. The van der Waals surface area contributed by atoms with Crippen molar-refractivity contribution in [1.82, 2.24) is 4.90 Å². The molecule has 150 valence electrons. The van der Waals surface area contributed by atoms with E-state index in [0.29, 0.717) is 6.54 Å². The molecule has 0 radical (unpaired) electrons. The molecule has 1 heterocycles. The normalized spacial score (nSPS) is 14.9. The van der Waals surface area contributed by atoms with Gasteiger partial charge in [0, 0.05) is 43.4 Å². The average Bonchev–Trinajstić information content (AvgIpc) is 2.61. The summed E-state index contributed by atoms with van der Waals surface area (Å²) < 4.78 is 0. The maximum Gasteiger partial charge on any atom is 0.231 e. The van der Waals surface area contributed by atoms with Crippen molar-refractivity contribution in [2.24, 2.45) is 11.1 Å². The van der Waals surface area contributed by atoms with Gasteiger partial charge >= 0.3 is 0 Å². The van der Waals surface area contributed by atoms with Crippen LogP contribution in [0.4, 0.5) is 5.69 Å². The highest BCUT2D eigenvalue weighted by Gasteiger charge is 2.33. The van der Waals surface area contributed by atoms with Crippen molar-refractivity contribution < 1.29 is 4.79 Å². The third-order valence-electron chi connectivity index (χ3n) is 5.42. The van der Waals surface area contributed by atoms with Crippen molar-refractivity contribution in [2.45, 2.75) is 40.2 Å². The zero-order valence-electron chi connectivity index (χ0n) is 16.0.